The van der Waals surface area contributed by atoms with Crippen LogP contribution in [0, 0.1) is 20.8 Å². The minimum absolute atomic E-state index is 0.0164. The molecule has 1 unspecified atom stereocenters. The summed E-state index contributed by atoms with van der Waals surface area (Å²) in [6, 6.07) is 6.12. The summed E-state index contributed by atoms with van der Waals surface area (Å²) in [5.74, 6) is 0. The molecule has 0 fully saturated rings. The highest BCUT2D eigenvalue weighted by Gasteiger charge is 2.14. The molecule has 1 atom stereocenters. The molecule has 3 nitrogen and oxygen atoms in total. The number of halogens is 1. The van der Waals surface area contributed by atoms with Crippen LogP contribution < -0.4 is 5.73 Å². The fraction of sp³-hybridized carbons (Fsp3) is 0.357. The molecule has 0 spiro atoms. The molecule has 2 rings (SSSR count). The van der Waals surface area contributed by atoms with Crippen LogP contribution in [-0.2, 0) is 0 Å². The molecule has 1 aromatic carbocycles. The van der Waals surface area contributed by atoms with Gasteiger partial charge in [0.25, 0.3) is 0 Å². The van der Waals surface area contributed by atoms with Gasteiger partial charge < -0.3 is 5.73 Å². The lowest BCUT2D eigenvalue weighted by atomic mass is 10.1. The van der Waals surface area contributed by atoms with Crippen molar-refractivity contribution in [3.63, 3.8) is 0 Å². The summed E-state index contributed by atoms with van der Waals surface area (Å²) in [6.45, 7) is 8.20. The molecule has 4 heteroatoms. The van der Waals surface area contributed by atoms with Crippen LogP contribution in [0.5, 0.6) is 0 Å². The molecular weight excluding hydrogens is 290 g/mol. The van der Waals surface area contributed by atoms with E-state index in [0.29, 0.717) is 0 Å². The Morgan fingerprint density at radius 3 is 2.44 bits per heavy atom. The van der Waals surface area contributed by atoms with Crippen LogP contribution >= 0.6 is 15.9 Å². The third kappa shape index (κ3) is 2.22. The number of nitrogens with zero attached hydrogens (tertiary/aromatic N) is 2. The van der Waals surface area contributed by atoms with Crippen LogP contribution in [0.3, 0.4) is 0 Å². The normalized spacial score (nSPS) is 12.8. The first-order valence-electron chi connectivity index (χ1n) is 6.00. The van der Waals surface area contributed by atoms with Gasteiger partial charge in [0.05, 0.1) is 11.4 Å². The van der Waals surface area contributed by atoms with Crippen LogP contribution in [0.4, 0.5) is 0 Å². The highest BCUT2D eigenvalue weighted by atomic mass is 79.9. The highest BCUT2D eigenvalue weighted by molar-refractivity contribution is 9.10. The molecule has 0 aliphatic heterocycles. The lowest BCUT2D eigenvalue weighted by Crippen LogP contribution is -2.11. The average Bonchev–Trinajstić information content (AvgIpc) is 2.56. The zero-order valence-electron chi connectivity index (χ0n) is 11.2. The average molecular weight is 308 g/mol. The number of benzene rings is 1. The standard InChI is InChI=1S/C14H18BrN3/c1-8-10(3)17-18(11(8)4)14-7-12(15)5-6-13(14)9(2)16/h5-7,9H,16H2,1-4H3. The first kappa shape index (κ1) is 13.3. The molecule has 0 saturated carbocycles. The van der Waals surface area contributed by atoms with Gasteiger partial charge in [0.15, 0.2) is 0 Å². The Kier molecular flexibility index (Phi) is 3.59. The van der Waals surface area contributed by atoms with Gasteiger partial charge in [0.2, 0.25) is 0 Å². The number of nitrogens with two attached hydrogens (primary N) is 1. The Morgan fingerprint density at radius 2 is 1.94 bits per heavy atom. The molecule has 0 amide bonds. The van der Waals surface area contributed by atoms with Gasteiger partial charge in [0.1, 0.15) is 0 Å². The molecule has 2 N–H and O–H groups in total. The van der Waals surface area contributed by atoms with Crippen molar-refractivity contribution in [3.05, 3.63) is 45.2 Å². The predicted molar refractivity (Wildman–Crippen MR) is 78.1 cm³/mol. The molecule has 96 valence electrons. The van der Waals surface area contributed by atoms with Crippen molar-refractivity contribution in [2.45, 2.75) is 33.7 Å². The van der Waals surface area contributed by atoms with Crippen LogP contribution in [-0.4, -0.2) is 9.78 Å². The van der Waals surface area contributed by atoms with Crippen LogP contribution in [0.15, 0.2) is 22.7 Å². The van der Waals surface area contributed by atoms with Crippen molar-refractivity contribution in [1.29, 1.82) is 0 Å². The van der Waals surface area contributed by atoms with E-state index in [2.05, 4.69) is 47.0 Å². The second-order valence-electron chi connectivity index (χ2n) is 4.70. The second kappa shape index (κ2) is 4.86. The summed E-state index contributed by atoms with van der Waals surface area (Å²) in [7, 11) is 0. The van der Waals surface area contributed by atoms with E-state index in [0.717, 1.165) is 27.1 Å². The highest BCUT2D eigenvalue weighted by Crippen LogP contribution is 2.26. The van der Waals surface area contributed by atoms with Crippen molar-refractivity contribution in [1.82, 2.24) is 9.78 Å². The summed E-state index contributed by atoms with van der Waals surface area (Å²) >= 11 is 3.51. The first-order valence-corrected chi connectivity index (χ1v) is 6.79. The van der Waals surface area contributed by atoms with Crippen LogP contribution in [0.2, 0.25) is 0 Å². The zero-order chi connectivity index (χ0) is 13.4. The van der Waals surface area contributed by atoms with Gasteiger partial charge in [-0.2, -0.15) is 5.10 Å². The molecule has 2 aromatic rings. The van der Waals surface area contributed by atoms with Gasteiger partial charge in [-0.05, 0) is 51.0 Å². The van der Waals surface area contributed by atoms with E-state index in [9.17, 15) is 0 Å². The van der Waals surface area contributed by atoms with E-state index < -0.39 is 0 Å². The second-order valence-corrected chi connectivity index (χ2v) is 5.62. The van der Waals surface area contributed by atoms with Crippen molar-refractivity contribution >= 4 is 15.9 Å². The molecule has 0 radical (unpaired) electrons. The molecular formula is C14H18BrN3. The van der Waals surface area contributed by atoms with Gasteiger partial charge in [-0.15, -0.1) is 0 Å². The van der Waals surface area contributed by atoms with E-state index in [-0.39, 0.29) is 6.04 Å². The van der Waals surface area contributed by atoms with Crippen LogP contribution in [0.25, 0.3) is 5.69 Å². The summed E-state index contributed by atoms with van der Waals surface area (Å²) < 4.78 is 3.01. The largest absolute Gasteiger partial charge is 0.324 e. The van der Waals surface area contributed by atoms with E-state index in [1.165, 1.54) is 5.56 Å². The van der Waals surface area contributed by atoms with Gasteiger partial charge in [-0.3, -0.25) is 0 Å². The van der Waals surface area contributed by atoms with Crippen molar-refractivity contribution in [2.75, 3.05) is 0 Å². The number of rotatable bonds is 2. The number of aryl methyl sites for hydroxylation is 1. The third-order valence-electron chi connectivity index (χ3n) is 3.36. The van der Waals surface area contributed by atoms with E-state index in [1.54, 1.807) is 0 Å². The molecule has 1 heterocycles. The van der Waals surface area contributed by atoms with E-state index >= 15 is 0 Å². The Labute approximate surface area is 116 Å². The third-order valence-corrected chi connectivity index (χ3v) is 3.86. The van der Waals surface area contributed by atoms with Crippen molar-refractivity contribution < 1.29 is 0 Å². The van der Waals surface area contributed by atoms with Crippen molar-refractivity contribution in [2.24, 2.45) is 5.73 Å². The van der Waals surface area contributed by atoms with E-state index in [4.69, 9.17) is 5.73 Å². The van der Waals surface area contributed by atoms with Gasteiger partial charge >= 0.3 is 0 Å². The number of hydrogen-bond acceptors (Lipinski definition) is 2. The lowest BCUT2D eigenvalue weighted by Gasteiger charge is -2.14. The zero-order valence-corrected chi connectivity index (χ0v) is 12.7. The predicted octanol–water partition coefficient (Wildman–Crippen LogP) is 3.58. The van der Waals surface area contributed by atoms with Gasteiger partial charge in [-0.1, -0.05) is 22.0 Å². The smallest absolute Gasteiger partial charge is 0.0707 e. The van der Waals surface area contributed by atoms with Gasteiger partial charge in [-0.25, -0.2) is 4.68 Å². The minimum Gasteiger partial charge on any atom is -0.324 e. The summed E-state index contributed by atoms with van der Waals surface area (Å²) in [4.78, 5) is 0. The minimum atomic E-state index is -0.0164. The lowest BCUT2D eigenvalue weighted by molar-refractivity contribution is 0.766. The Morgan fingerprint density at radius 1 is 1.28 bits per heavy atom. The van der Waals surface area contributed by atoms with Crippen molar-refractivity contribution in [3.8, 4) is 5.69 Å². The maximum atomic E-state index is 6.04. The monoisotopic (exact) mass is 307 g/mol. The summed E-state index contributed by atoms with van der Waals surface area (Å²) in [5, 5.41) is 4.60. The van der Waals surface area contributed by atoms with E-state index in [1.807, 2.05) is 24.6 Å². The first-order chi connectivity index (χ1) is 8.41. The van der Waals surface area contributed by atoms with Crippen LogP contribution in [0.1, 0.15) is 35.5 Å². The number of aromatic nitrogens is 2. The Bertz CT molecular complexity index is 585. The Balaban J connectivity index is 2.69. The maximum absolute atomic E-state index is 6.04. The summed E-state index contributed by atoms with van der Waals surface area (Å²) in [6.07, 6.45) is 0. The molecule has 0 saturated heterocycles. The number of hydrogen-bond donors (Lipinski definition) is 1. The van der Waals surface area contributed by atoms with Gasteiger partial charge in [0, 0.05) is 16.2 Å². The Hall–Kier alpha value is -1.13. The molecule has 1 aromatic heterocycles. The topological polar surface area (TPSA) is 43.8 Å². The fourth-order valence-corrected chi connectivity index (χ4v) is 2.39. The molecule has 0 aliphatic carbocycles. The summed E-state index contributed by atoms with van der Waals surface area (Å²) in [5.41, 5.74) is 11.6. The SMILES string of the molecule is Cc1nn(-c2cc(Br)ccc2C(C)N)c(C)c1C. The fourth-order valence-electron chi connectivity index (χ4n) is 2.04. The maximum Gasteiger partial charge on any atom is 0.0707 e. The molecule has 18 heavy (non-hydrogen) atoms. The molecule has 0 bridgehead atoms. The quantitative estimate of drug-likeness (QED) is 0.921. The molecule has 0 aliphatic rings.